The van der Waals surface area contributed by atoms with Crippen molar-refractivity contribution in [2.24, 2.45) is 5.73 Å². The van der Waals surface area contributed by atoms with Gasteiger partial charge in [0.2, 0.25) is 0 Å². The summed E-state index contributed by atoms with van der Waals surface area (Å²) in [4.78, 5) is 11.2. The van der Waals surface area contributed by atoms with Gasteiger partial charge in [0.15, 0.2) is 0 Å². The SMILES string of the molecule is NC(=O)c1cccc(Nc2cc(Br)ccc2Cl)c1N. The van der Waals surface area contributed by atoms with E-state index in [-0.39, 0.29) is 5.56 Å². The van der Waals surface area contributed by atoms with E-state index in [4.69, 9.17) is 23.1 Å². The summed E-state index contributed by atoms with van der Waals surface area (Å²) in [6.07, 6.45) is 0. The highest BCUT2D eigenvalue weighted by Gasteiger charge is 2.10. The molecule has 6 heteroatoms. The van der Waals surface area contributed by atoms with Gasteiger partial charge in [0.1, 0.15) is 0 Å². The lowest BCUT2D eigenvalue weighted by atomic mass is 10.1. The van der Waals surface area contributed by atoms with Gasteiger partial charge in [0.05, 0.1) is 27.6 Å². The van der Waals surface area contributed by atoms with Crippen molar-refractivity contribution in [3.63, 3.8) is 0 Å². The number of primary amides is 1. The third-order valence-electron chi connectivity index (χ3n) is 2.57. The zero-order valence-electron chi connectivity index (χ0n) is 9.78. The van der Waals surface area contributed by atoms with Gasteiger partial charge in [0.25, 0.3) is 5.91 Å². The molecule has 19 heavy (non-hydrogen) atoms. The third-order valence-corrected chi connectivity index (χ3v) is 3.39. The first kappa shape index (κ1) is 13.7. The summed E-state index contributed by atoms with van der Waals surface area (Å²) < 4.78 is 0.879. The Kier molecular flexibility index (Phi) is 3.97. The monoisotopic (exact) mass is 339 g/mol. The zero-order chi connectivity index (χ0) is 14.0. The first-order chi connectivity index (χ1) is 8.99. The molecule has 0 fully saturated rings. The molecule has 1 amide bonds. The Balaban J connectivity index is 2.41. The van der Waals surface area contributed by atoms with E-state index in [1.165, 1.54) is 0 Å². The normalized spacial score (nSPS) is 10.2. The number of nitrogens with two attached hydrogens (primary N) is 2. The molecular weight excluding hydrogens is 330 g/mol. The molecule has 2 aromatic carbocycles. The van der Waals surface area contributed by atoms with Gasteiger partial charge in [0, 0.05) is 4.47 Å². The molecule has 0 aliphatic rings. The Bertz CT molecular complexity index is 646. The van der Waals surface area contributed by atoms with Gasteiger partial charge in [-0.2, -0.15) is 0 Å². The van der Waals surface area contributed by atoms with Crippen molar-refractivity contribution in [1.82, 2.24) is 0 Å². The minimum atomic E-state index is -0.568. The van der Waals surface area contributed by atoms with Gasteiger partial charge >= 0.3 is 0 Å². The number of hydrogen-bond donors (Lipinski definition) is 3. The molecule has 2 aromatic rings. The fourth-order valence-corrected chi connectivity index (χ4v) is 2.15. The molecule has 0 atom stereocenters. The zero-order valence-corrected chi connectivity index (χ0v) is 12.1. The minimum Gasteiger partial charge on any atom is -0.396 e. The second-order valence-corrected chi connectivity index (χ2v) is 5.20. The van der Waals surface area contributed by atoms with Gasteiger partial charge in [-0.25, -0.2) is 0 Å². The summed E-state index contributed by atoms with van der Waals surface area (Å²) in [5, 5.41) is 3.63. The molecule has 5 N–H and O–H groups in total. The van der Waals surface area contributed by atoms with Crippen LogP contribution in [0.25, 0.3) is 0 Å². The Morgan fingerprint density at radius 1 is 1.21 bits per heavy atom. The van der Waals surface area contributed by atoms with Crippen LogP contribution in [0.15, 0.2) is 40.9 Å². The number of nitrogens with one attached hydrogen (secondary N) is 1. The average molecular weight is 341 g/mol. The highest BCUT2D eigenvalue weighted by atomic mass is 79.9. The van der Waals surface area contributed by atoms with Gasteiger partial charge < -0.3 is 16.8 Å². The number of amides is 1. The van der Waals surface area contributed by atoms with Gasteiger partial charge in [-0.15, -0.1) is 0 Å². The molecule has 0 saturated heterocycles. The van der Waals surface area contributed by atoms with E-state index in [0.29, 0.717) is 22.1 Å². The fraction of sp³-hybridized carbons (Fsp3) is 0. The fourth-order valence-electron chi connectivity index (χ4n) is 1.63. The van der Waals surface area contributed by atoms with E-state index in [1.807, 2.05) is 12.1 Å². The quantitative estimate of drug-likeness (QED) is 0.748. The maximum Gasteiger partial charge on any atom is 0.250 e. The number of anilines is 3. The van der Waals surface area contributed by atoms with Gasteiger partial charge in [-0.05, 0) is 30.3 Å². The Morgan fingerprint density at radius 2 is 1.95 bits per heavy atom. The number of hydrogen-bond acceptors (Lipinski definition) is 3. The van der Waals surface area contributed by atoms with Gasteiger partial charge in [-0.1, -0.05) is 33.6 Å². The third kappa shape index (κ3) is 3.00. The molecule has 0 aliphatic heterocycles. The summed E-state index contributed by atoms with van der Waals surface area (Å²) in [5.41, 5.74) is 13.0. The maximum absolute atomic E-state index is 11.2. The van der Waals surface area contributed by atoms with E-state index in [2.05, 4.69) is 21.2 Å². The van der Waals surface area contributed by atoms with E-state index in [1.54, 1.807) is 24.3 Å². The molecule has 0 heterocycles. The van der Waals surface area contributed by atoms with Crippen molar-refractivity contribution in [3.05, 3.63) is 51.5 Å². The standard InChI is InChI=1S/C13H11BrClN3O/c14-7-4-5-9(15)11(6-7)18-10-3-1-2-8(12(10)16)13(17)19/h1-6,18H,16H2,(H2,17,19). The van der Waals surface area contributed by atoms with Crippen LogP contribution in [0.3, 0.4) is 0 Å². The predicted octanol–water partition coefficient (Wildman–Crippen LogP) is 3.53. The number of rotatable bonds is 3. The molecular formula is C13H11BrClN3O. The number of carbonyl (C=O) groups is 1. The molecule has 4 nitrogen and oxygen atoms in total. The van der Waals surface area contributed by atoms with Crippen LogP contribution in [0.4, 0.5) is 17.1 Å². The minimum absolute atomic E-state index is 0.274. The summed E-state index contributed by atoms with van der Waals surface area (Å²) >= 11 is 9.45. The second-order valence-electron chi connectivity index (χ2n) is 3.88. The Morgan fingerprint density at radius 3 is 2.63 bits per heavy atom. The maximum atomic E-state index is 11.2. The van der Waals surface area contributed by atoms with Crippen LogP contribution < -0.4 is 16.8 Å². The molecule has 0 spiro atoms. The number of carbonyl (C=O) groups excluding carboxylic acids is 1. The van der Waals surface area contributed by atoms with E-state index >= 15 is 0 Å². The molecule has 0 radical (unpaired) electrons. The largest absolute Gasteiger partial charge is 0.396 e. The van der Waals surface area contributed by atoms with E-state index in [0.717, 1.165) is 4.47 Å². The summed E-state index contributed by atoms with van der Waals surface area (Å²) in [6.45, 7) is 0. The summed E-state index contributed by atoms with van der Waals surface area (Å²) in [5.74, 6) is -0.568. The number of halogens is 2. The van der Waals surface area contributed by atoms with Crippen LogP contribution in [-0.2, 0) is 0 Å². The molecule has 98 valence electrons. The van der Waals surface area contributed by atoms with E-state index in [9.17, 15) is 4.79 Å². The topological polar surface area (TPSA) is 81.1 Å². The first-order valence-electron chi connectivity index (χ1n) is 5.39. The van der Waals surface area contributed by atoms with Crippen LogP contribution in [0, 0.1) is 0 Å². The van der Waals surface area contributed by atoms with Crippen LogP contribution in [0.2, 0.25) is 5.02 Å². The molecule has 0 bridgehead atoms. The lowest BCUT2D eigenvalue weighted by Crippen LogP contribution is -2.14. The second kappa shape index (κ2) is 5.50. The van der Waals surface area contributed by atoms with Crippen molar-refractivity contribution in [3.8, 4) is 0 Å². The van der Waals surface area contributed by atoms with Crippen molar-refractivity contribution in [1.29, 1.82) is 0 Å². The van der Waals surface area contributed by atoms with Crippen LogP contribution in [0.5, 0.6) is 0 Å². The molecule has 0 aromatic heterocycles. The Hall–Kier alpha value is -1.72. The molecule has 2 rings (SSSR count). The van der Waals surface area contributed by atoms with E-state index < -0.39 is 5.91 Å². The average Bonchev–Trinajstić information content (AvgIpc) is 2.36. The molecule has 0 unspecified atom stereocenters. The summed E-state index contributed by atoms with van der Waals surface area (Å²) in [6, 6.07) is 10.4. The van der Waals surface area contributed by atoms with Gasteiger partial charge in [-0.3, -0.25) is 4.79 Å². The lowest BCUT2D eigenvalue weighted by Gasteiger charge is -2.13. The highest BCUT2D eigenvalue weighted by Crippen LogP contribution is 2.31. The first-order valence-corrected chi connectivity index (χ1v) is 6.56. The number of para-hydroxylation sites is 1. The summed E-state index contributed by atoms with van der Waals surface area (Å²) in [7, 11) is 0. The van der Waals surface area contributed by atoms with Crippen LogP contribution in [-0.4, -0.2) is 5.91 Å². The smallest absolute Gasteiger partial charge is 0.250 e. The van der Waals surface area contributed by atoms with Crippen LogP contribution in [0.1, 0.15) is 10.4 Å². The predicted molar refractivity (Wildman–Crippen MR) is 81.8 cm³/mol. The van der Waals surface area contributed by atoms with Crippen molar-refractivity contribution in [2.75, 3.05) is 11.1 Å². The number of benzene rings is 2. The Labute approximate surface area is 123 Å². The lowest BCUT2D eigenvalue weighted by molar-refractivity contribution is 0.100. The van der Waals surface area contributed by atoms with Crippen LogP contribution >= 0.6 is 27.5 Å². The van der Waals surface area contributed by atoms with Crippen molar-refractivity contribution < 1.29 is 4.79 Å². The number of nitrogen functional groups attached to an aromatic ring is 1. The molecule has 0 saturated carbocycles. The highest BCUT2D eigenvalue weighted by molar-refractivity contribution is 9.10. The van der Waals surface area contributed by atoms with Crippen molar-refractivity contribution in [2.45, 2.75) is 0 Å². The molecule has 0 aliphatic carbocycles. The van der Waals surface area contributed by atoms with Crippen molar-refractivity contribution >= 4 is 50.5 Å².